The van der Waals surface area contributed by atoms with Gasteiger partial charge in [0.1, 0.15) is 11.3 Å². The van der Waals surface area contributed by atoms with Gasteiger partial charge in [-0.2, -0.15) is 35.1 Å². The molecule has 1 aliphatic rings. The van der Waals surface area contributed by atoms with Crippen LogP contribution in [0.3, 0.4) is 0 Å². The van der Waals surface area contributed by atoms with Crippen LogP contribution in [0.15, 0.2) is 54.1 Å². The molecule has 0 saturated carbocycles. The molecule has 0 radical (unpaired) electrons. The summed E-state index contributed by atoms with van der Waals surface area (Å²) < 4.78 is 117. The third-order valence-corrected chi connectivity index (χ3v) is 5.70. The van der Waals surface area contributed by atoms with Crippen LogP contribution in [0.5, 0.6) is 5.75 Å². The lowest BCUT2D eigenvalue weighted by molar-refractivity contribution is -0.255. The number of halogens is 8. The lowest BCUT2D eigenvalue weighted by Crippen LogP contribution is -2.69. The number of carboxylic acids is 1. The number of nitrogens with one attached hydrogen (secondary N) is 1. The van der Waals surface area contributed by atoms with E-state index in [1.54, 1.807) is 6.92 Å². The number of aliphatic carboxylic acids is 1. The molecule has 2 aromatic carbocycles. The molecule has 13 heteroatoms. The molecule has 37 heavy (non-hydrogen) atoms. The van der Waals surface area contributed by atoms with Crippen molar-refractivity contribution in [3.63, 3.8) is 0 Å². The molecular weight excluding hydrogens is 518 g/mol. The van der Waals surface area contributed by atoms with Gasteiger partial charge in [-0.1, -0.05) is 42.0 Å². The molecule has 0 saturated heterocycles. The summed E-state index contributed by atoms with van der Waals surface area (Å²) in [6.45, 7) is 1.12. The third kappa shape index (κ3) is 5.25. The summed E-state index contributed by atoms with van der Waals surface area (Å²) in [6.07, 6.45) is -11.9. The molecule has 0 spiro atoms. The number of hydrogen-bond acceptors (Lipinski definition) is 3. The summed E-state index contributed by atoms with van der Waals surface area (Å²) in [5.74, 6) is -9.24. The average Bonchev–Trinajstić information content (AvgIpc) is 2.77. The van der Waals surface area contributed by atoms with Gasteiger partial charge in [0.15, 0.2) is 0 Å². The summed E-state index contributed by atoms with van der Waals surface area (Å²) in [4.78, 5) is 24.3. The van der Waals surface area contributed by atoms with Crippen LogP contribution >= 0.6 is 0 Å². The first kappa shape index (κ1) is 27.9. The van der Waals surface area contributed by atoms with E-state index < -0.39 is 77.4 Å². The highest BCUT2D eigenvalue weighted by Crippen LogP contribution is 2.57. The van der Waals surface area contributed by atoms with Crippen molar-refractivity contribution < 1.29 is 54.6 Å². The fraction of sp³-hybridized carbons (Fsp3) is 0.333. The number of benzene rings is 2. The van der Waals surface area contributed by atoms with Crippen molar-refractivity contribution in [1.82, 2.24) is 5.32 Å². The summed E-state index contributed by atoms with van der Waals surface area (Å²) in [6, 6.07) is 7.34. The normalized spacial score (nSPS) is 20.0. The molecular formula is C24H19F8NO4. The van der Waals surface area contributed by atoms with E-state index >= 15 is 8.78 Å². The van der Waals surface area contributed by atoms with E-state index in [0.29, 0.717) is 17.7 Å². The van der Waals surface area contributed by atoms with E-state index in [-0.39, 0.29) is 5.75 Å². The van der Waals surface area contributed by atoms with Crippen LogP contribution in [0.2, 0.25) is 0 Å². The molecule has 1 heterocycles. The van der Waals surface area contributed by atoms with Crippen molar-refractivity contribution in [2.45, 2.75) is 43.6 Å². The number of amides is 1. The third-order valence-electron chi connectivity index (χ3n) is 5.70. The summed E-state index contributed by atoms with van der Waals surface area (Å²) in [5, 5.41) is 10.6. The Labute approximate surface area is 204 Å². The highest BCUT2D eigenvalue weighted by atomic mass is 19.4. The van der Waals surface area contributed by atoms with Crippen molar-refractivity contribution in [1.29, 1.82) is 0 Å². The molecule has 1 amide bonds. The number of carbonyl (C=O) groups excluding carboxylic acids is 1. The fourth-order valence-electron chi connectivity index (χ4n) is 3.95. The van der Waals surface area contributed by atoms with Crippen LogP contribution < -0.4 is 10.1 Å². The van der Waals surface area contributed by atoms with Crippen LogP contribution in [-0.2, 0) is 15.1 Å². The second-order valence-corrected chi connectivity index (χ2v) is 8.29. The maximum Gasteiger partial charge on any atom is 0.422 e. The Balaban J connectivity index is 2.11. The molecule has 2 N–H and O–H groups in total. The van der Waals surface area contributed by atoms with Crippen LogP contribution in [0, 0.1) is 6.92 Å². The standard InChI is InChI=1S/C24H19F8NO4/c1-13-3-5-14(6-4-13)18-17(20(35)36)19(34)33-22(23(18,28)29,24(30,31)32)15-7-9-16(10-8-15)37-12-2-11-21(25,26)27/h3-10H,2,11-12H2,1H3,(H,33,34)(H,35,36). The van der Waals surface area contributed by atoms with Gasteiger partial charge in [0.25, 0.3) is 5.91 Å². The first-order valence-corrected chi connectivity index (χ1v) is 10.6. The van der Waals surface area contributed by atoms with Gasteiger partial charge in [-0.15, -0.1) is 0 Å². The molecule has 0 fully saturated rings. The van der Waals surface area contributed by atoms with Gasteiger partial charge >= 0.3 is 24.2 Å². The van der Waals surface area contributed by atoms with E-state index in [1.807, 2.05) is 0 Å². The maximum atomic E-state index is 16.0. The average molecular weight is 537 g/mol. The lowest BCUT2D eigenvalue weighted by Gasteiger charge is -2.46. The van der Waals surface area contributed by atoms with Crippen molar-refractivity contribution >= 4 is 17.4 Å². The predicted molar refractivity (Wildman–Crippen MR) is 114 cm³/mol. The van der Waals surface area contributed by atoms with E-state index in [1.165, 1.54) is 17.4 Å². The first-order valence-electron chi connectivity index (χ1n) is 10.6. The van der Waals surface area contributed by atoms with Gasteiger partial charge in [0, 0.05) is 6.42 Å². The molecule has 0 bridgehead atoms. The molecule has 0 aromatic heterocycles. The van der Waals surface area contributed by atoms with Crippen molar-refractivity contribution in [3.8, 4) is 5.75 Å². The zero-order valence-corrected chi connectivity index (χ0v) is 18.9. The predicted octanol–water partition coefficient (Wildman–Crippen LogP) is 5.78. The SMILES string of the molecule is Cc1ccc(C2=C(C(=O)O)C(=O)NC(c3ccc(OCCCC(F)(F)F)cc3)(C(F)(F)F)C2(F)F)cc1. The number of aryl methyl sites for hydroxylation is 1. The molecule has 2 aromatic rings. The number of rotatable bonds is 7. The van der Waals surface area contributed by atoms with E-state index in [9.17, 15) is 41.0 Å². The molecule has 5 nitrogen and oxygen atoms in total. The molecule has 200 valence electrons. The van der Waals surface area contributed by atoms with Crippen LogP contribution in [0.1, 0.15) is 29.5 Å². The van der Waals surface area contributed by atoms with Gasteiger partial charge in [-0.3, -0.25) is 4.79 Å². The van der Waals surface area contributed by atoms with E-state index in [2.05, 4.69) is 0 Å². The number of alkyl halides is 8. The minimum Gasteiger partial charge on any atom is -0.494 e. The lowest BCUT2D eigenvalue weighted by atomic mass is 9.73. The minimum absolute atomic E-state index is 0.200. The highest BCUT2D eigenvalue weighted by Gasteiger charge is 2.75. The Kier molecular flexibility index (Phi) is 7.30. The van der Waals surface area contributed by atoms with Gasteiger partial charge in [-0.05, 0) is 36.6 Å². The Hall–Kier alpha value is -3.64. The van der Waals surface area contributed by atoms with Gasteiger partial charge in [0.05, 0.1) is 12.2 Å². The minimum atomic E-state index is -5.83. The molecule has 1 atom stereocenters. The van der Waals surface area contributed by atoms with E-state index in [0.717, 1.165) is 24.3 Å². The maximum absolute atomic E-state index is 16.0. The number of carbonyl (C=O) groups is 2. The van der Waals surface area contributed by atoms with Crippen molar-refractivity contribution in [3.05, 3.63) is 70.8 Å². The number of ether oxygens (including phenoxy) is 1. The summed E-state index contributed by atoms with van der Waals surface area (Å²) in [5.41, 5.74) is -8.73. The number of carboxylic acid groups (broad SMARTS) is 1. The largest absolute Gasteiger partial charge is 0.494 e. The summed E-state index contributed by atoms with van der Waals surface area (Å²) in [7, 11) is 0. The molecule has 3 rings (SSSR count). The zero-order valence-electron chi connectivity index (χ0n) is 18.9. The summed E-state index contributed by atoms with van der Waals surface area (Å²) >= 11 is 0. The van der Waals surface area contributed by atoms with Gasteiger partial charge in [0.2, 0.25) is 5.54 Å². The Morgan fingerprint density at radius 2 is 1.54 bits per heavy atom. The second-order valence-electron chi connectivity index (χ2n) is 8.29. The van der Waals surface area contributed by atoms with Crippen LogP contribution in [0.25, 0.3) is 5.57 Å². The van der Waals surface area contributed by atoms with Crippen LogP contribution in [-0.4, -0.2) is 41.9 Å². The monoisotopic (exact) mass is 537 g/mol. The molecule has 0 aliphatic carbocycles. The Morgan fingerprint density at radius 1 is 0.973 bits per heavy atom. The van der Waals surface area contributed by atoms with Crippen LogP contribution in [0.4, 0.5) is 35.1 Å². The molecule has 1 aliphatic heterocycles. The fourth-order valence-corrected chi connectivity index (χ4v) is 3.95. The second kappa shape index (κ2) is 9.67. The van der Waals surface area contributed by atoms with Gasteiger partial charge in [-0.25, -0.2) is 4.79 Å². The highest BCUT2D eigenvalue weighted by molar-refractivity contribution is 6.23. The van der Waals surface area contributed by atoms with Crippen molar-refractivity contribution in [2.75, 3.05) is 6.61 Å². The topological polar surface area (TPSA) is 75.6 Å². The first-order chi connectivity index (χ1) is 17.0. The van der Waals surface area contributed by atoms with Gasteiger partial charge < -0.3 is 15.2 Å². The van der Waals surface area contributed by atoms with E-state index in [4.69, 9.17) is 4.74 Å². The zero-order chi connectivity index (χ0) is 27.8. The van der Waals surface area contributed by atoms with Crippen molar-refractivity contribution in [2.24, 2.45) is 0 Å². The Bertz CT molecular complexity index is 1200. The molecule has 1 unspecified atom stereocenters. The quantitative estimate of drug-likeness (QED) is 0.267. The number of hydrogen-bond donors (Lipinski definition) is 2. The smallest absolute Gasteiger partial charge is 0.422 e. The Morgan fingerprint density at radius 3 is 2.03 bits per heavy atom.